The third-order valence-electron chi connectivity index (χ3n) is 4.11. The van der Waals surface area contributed by atoms with Crippen LogP contribution in [-0.4, -0.2) is 31.0 Å². The van der Waals surface area contributed by atoms with Crippen LogP contribution >= 0.6 is 0 Å². The van der Waals surface area contributed by atoms with Crippen molar-refractivity contribution in [2.24, 2.45) is 11.8 Å². The van der Waals surface area contributed by atoms with Crippen LogP contribution in [0.15, 0.2) is 42.5 Å². The van der Waals surface area contributed by atoms with Gasteiger partial charge in [0.15, 0.2) is 0 Å². The fourth-order valence-corrected chi connectivity index (χ4v) is 2.63. The largest absolute Gasteiger partial charge is 0.389 e. The van der Waals surface area contributed by atoms with E-state index in [9.17, 15) is 5.11 Å². The number of nitrogens with one attached hydrogen (secondary N) is 1. The van der Waals surface area contributed by atoms with Crippen molar-refractivity contribution in [1.29, 1.82) is 0 Å². The molecule has 0 saturated carbocycles. The lowest BCUT2D eigenvalue weighted by atomic mass is 9.85. The van der Waals surface area contributed by atoms with Crippen molar-refractivity contribution in [3.05, 3.63) is 48.0 Å². The van der Waals surface area contributed by atoms with Gasteiger partial charge in [0.2, 0.25) is 0 Å². The molecule has 0 amide bonds. The Morgan fingerprint density at radius 3 is 2.76 bits per heavy atom. The summed E-state index contributed by atoms with van der Waals surface area (Å²) >= 11 is 0. The molecule has 0 aliphatic heterocycles. The Kier molecular flexibility index (Phi) is 6.93. The van der Waals surface area contributed by atoms with E-state index in [-0.39, 0.29) is 0 Å². The van der Waals surface area contributed by atoms with Gasteiger partial charge in [-0.05, 0) is 30.2 Å². The van der Waals surface area contributed by atoms with Crippen LogP contribution in [0.4, 0.5) is 0 Å². The number of allylic oxidation sites excluding steroid dienone is 2. The Hall–Kier alpha value is -1.16. The summed E-state index contributed by atoms with van der Waals surface area (Å²) in [6.45, 7) is 4.78. The SMILES string of the molecule is CC1CC=CCC1COCC(O)CNCc1ccccc1. The fourth-order valence-electron chi connectivity index (χ4n) is 2.63. The highest BCUT2D eigenvalue weighted by Gasteiger charge is 2.18. The summed E-state index contributed by atoms with van der Waals surface area (Å²) in [7, 11) is 0. The van der Waals surface area contributed by atoms with Gasteiger partial charge in [-0.15, -0.1) is 0 Å². The van der Waals surface area contributed by atoms with Crippen LogP contribution in [0.25, 0.3) is 0 Å². The molecule has 3 atom stereocenters. The van der Waals surface area contributed by atoms with Crippen LogP contribution in [-0.2, 0) is 11.3 Å². The molecule has 2 N–H and O–H groups in total. The summed E-state index contributed by atoms with van der Waals surface area (Å²) in [5.74, 6) is 1.28. The quantitative estimate of drug-likeness (QED) is 0.723. The molecule has 3 heteroatoms. The van der Waals surface area contributed by atoms with Gasteiger partial charge in [-0.1, -0.05) is 49.4 Å². The first-order chi connectivity index (χ1) is 10.3. The molecule has 1 aromatic rings. The molecule has 0 aromatic heterocycles. The molecule has 1 aromatic carbocycles. The lowest BCUT2D eigenvalue weighted by molar-refractivity contribution is 0.0127. The number of hydrogen-bond acceptors (Lipinski definition) is 3. The Morgan fingerprint density at radius 1 is 1.24 bits per heavy atom. The summed E-state index contributed by atoms with van der Waals surface area (Å²) in [5, 5.41) is 13.2. The molecular weight excluding hydrogens is 262 g/mol. The van der Waals surface area contributed by atoms with Crippen LogP contribution in [0.5, 0.6) is 0 Å². The third kappa shape index (κ3) is 6.00. The van der Waals surface area contributed by atoms with E-state index in [0.29, 0.717) is 25.0 Å². The molecule has 3 unspecified atom stereocenters. The smallest absolute Gasteiger partial charge is 0.0897 e. The summed E-state index contributed by atoms with van der Waals surface area (Å²) in [6.07, 6.45) is 6.30. The number of aliphatic hydroxyl groups is 1. The van der Waals surface area contributed by atoms with Crippen LogP contribution in [0.2, 0.25) is 0 Å². The summed E-state index contributed by atoms with van der Waals surface area (Å²) in [6, 6.07) is 10.2. The van der Waals surface area contributed by atoms with Crippen LogP contribution in [0, 0.1) is 11.8 Å². The monoisotopic (exact) mass is 289 g/mol. The summed E-state index contributed by atoms with van der Waals surface area (Å²) in [5.41, 5.74) is 1.23. The van der Waals surface area contributed by atoms with Gasteiger partial charge >= 0.3 is 0 Å². The molecule has 116 valence electrons. The second-order valence-corrected chi connectivity index (χ2v) is 5.99. The molecule has 0 fully saturated rings. The first-order valence-corrected chi connectivity index (χ1v) is 7.91. The summed E-state index contributed by atoms with van der Waals surface area (Å²) in [4.78, 5) is 0. The lowest BCUT2D eigenvalue weighted by Crippen LogP contribution is -2.31. The normalized spacial score (nSPS) is 23.1. The van der Waals surface area contributed by atoms with Gasteiger partial charge in [0.25, 0.3) is 0 Å². The van der Waals surface area contributed by atoms with Gasteiger partial charge in [-0.2, -0.15) is 0 Å². The number of aliphatic hydroxyl groups excluding tert-OH is 1. The van der Waals surface area contributed by atoms with Crippen molar-refractivity contribution < 1.29 is 9.84 Å². The molecule has 2 rings (SSSR count). The zero-order valence-electron chi connectivity index (χ0n) is 12.9. The number of benzene rings is 1. The van der Waals surface area contributed by atoms with Crippen molar-refractivity contribution in [3.63, 3.8) is 0 Å². The highest BCUT2D eigenvalue weighted by atomic mass is 16.5. The highest BCUT2D eigenvalue weighted by molar-refractivity contribution is 5.14. The molecule has 0 radical (unpaired) electrons. The second-order valence-electron chi connectivity index (χ2n) is 5.99. The molecule has 1 aliphatic carbocycles. The Morgan fingerprint density at radius 2 is 2.00 bits per heavy atom. The van der Waals surface area contributed by atoms with E-state index in [4.69, 9.17) is 4.74 Å². The molecule has 0 heterocycles. The second kappa shape index (κ2) is 8.98. The molecule has 0 spiro atoms. The Labute approximate surface area is 128 Å². The maximum Gasteiger partial charge on any atom is 0.0897 e. The predicted octanol–water partition coefficient (Wildman–Crippen LogP) is 2.76. The van der Waals surface area contributed by atoms with Gasteiger partial charge in [0.1, 0.15) is 0 Å². The van der Waals surface area contributed by atoms with E-state index in [0.717, 1.165) is 26.0 Å². The van der Waals surface area contributed by atoms with E-state index in [2.05, 4.69) is 36.5 Å². The standard InChI is InChI=1S/C18H27NO2/c1-15-7-5-6-10-17(15)13-21-14-18(20)12-19-11-16-8-3-2-4-9-16/h2-6,8-9,15,17-20H,7,10-14H2,1H3. The van der Waals surface area contributed by atoms with Gasteiger partial charge in [0, 0.05) is 13.1 Å². The van der Waals surface area contributed by atoms with Crippen molar-refractivity contribution in [3.8, 4) is 0 Å². The van der Waals surface area contributed by atoms with Crippen LogP contribution < -0.4 is 5.32 Å². The number of rotatable bonds is 8. The minimum atomic E-state index is -0.442. The van der Waals surface area contributed by atoms with E-state index in [1.807, 2.05) is 18.2 Å². The van der Waals surface area contributed by atoms with Crippen molar-refractivity contribution in [1.82, 2.24) is 5.32 Å². The molecular formula is C18H27NO2. The van der Waals surface area contributed by atoms with Crippen molar-refractivity contribution in [2.45, 2.75) is 32.4 Å². The fraction of sp³-hybridized carbons (Fsp3) is 0.556. The topological polar surface area (TPSA) is 41.5 Å². The van der Waals surface area contributed by atoms with Gasteiger partial charge in [0.05, 0.1) is 19.3 Å². The first kappa shape index (κ1) is 16.2. The minimum absolute atomic E-state index is 0.411. The number of ether oxygens (including phenoxy) is 1. The average Bonchev–Trinajstić information content (AvgIpc) is 2.50. The maximum absolute atomic E-state index is 9.92. The van der Waals surface area contributed by atoms with E-state index >= 15 is 0 Å². The summed E-state index contributed by atoms with van der Waals surface area (Å²) < 4.78 is 5.68. The maximum atomic E-state index is 9.92. The molecule has 0 bridgehead atoms. The zero-order valence-corrected chi connectivity index (χ0v) is 12.9. The Balaban J connectivity index is 1.55. The molecule has 21 heavy (non-hydrogen) atoms. The first-order valence-electron chi connectivity index (χ1n) is 7.91. The van der Waals surface area contributed by atoms with Crippen molar-refractivity contribution in [2.75, 3.05) is 19.8 Å². The lowest BCUT2D eigenvalue weighted by Gasteiger charge is -2.25. The molecule has 0 saturated heterocycles. The van der Waals surface area contributed by atoms with Crippen LogP contribution in [0.3, 0.4) is 0 Å². The van der Waals surface area contributed by atoms with E-state index in [1.54, 1.807) is 0 Å². The van der Waals surface area contributed by atoms with E-state index < -0.39 is 6.10 Å². The minimum Gasteiger partial charge on any atom is -0.389 e. The van der Waals surface area contributed by atoms with Crippen LogP contribution in [0.1, 0.15) is 25.3 Å². The van der Waals surface area contributed by atoms with Gasteiger partial charge < -0.3 is 15.2 Å². The van der Waals surface area contributed by atoms with E-state index in [1.165, 1.54) is 5.56 Å². The zero-order chi connectivity index (χ0) is 14.9. The Bertz CT molecular complexity index is 418. The average molecular weight is 289 g/mol. The van der Waals surface area contributed by atoms with Gasteiger partial charge in [-0.25, -0.2) is 0 Å². The van der Waals surface area contributed by atoms with Gasteiger partial charge in [-0.3, -0.25) is 0 Å². The molecule has 1 aliphatic rings. The highest BCUT2D eigenvalue weighted by Crippen LogP contribution is 2.24. The molecule has 3 nitrogen and oxygen atoms in total. The number of hydrogen-bond donors (Lipinski definition) is 2. The predicted molar refractivity (Wildman–Crippen MR) is 86.0 cm³/mol. The van der Waals surface area contributed by atoms with Crippen molar-refractivity contribution >= 4 is 0 Å². The third-order valence-corrected chi connectivity index (χ3v) is 4.11.